The number of nitrogens with zero attached hydrogens (tertiary/aromatic N) is 3. The molecule has 1 saturated heterocycles. The van der Waals surface area contributed by atoms with Crippen molar-refractivity contribution in [2.75, 3.05) is 25.1 Å². The lowest BCUT2D eigenvalue weighted by Gasteiger charge is -2.33. The number of nitro groups is 1. The first kappa shape index (κ1) is 14.8. The Hall–Kier alpha value is -2.62. The summed E-state index contributed by atoms with van der Waals surface area (Å²) in [4.78, 5) is 23.8. The average molecular weight is 289 g/mol. The number of carbonyl (C=O) groups excluding carboxylic acids is 1. The van der Waals surface area contributed by atoms with E-state index in [0.29, 0.717) is 12.2 Å². The summed E-state index contributed by atoms with van der Waals surface area (Å²) >= 11 is 0. The quantitative estimate of drug-likeness (QED) is 0.478. The molecule has 1 fully saturated rings. The highest BCUT2D eigenvalue weighted by molar-refractivity contribution is 5.73. The van der Waals surface area contributed by atoms with E-state index >= 15 is 0 Å². The largest absolute Gasteiger partial charge is 0.469 e. The SMILES string of the molecule is COC(=O)C1CCCN(c2ccc([N+](=O)[O-])c(C#N)c2)C1. The summed E-state index contributed by atoms with van der Waals surface area (Å²) in [5.41, 5.74) is 0.534. The van der Waals surface area contributed by atoms with Gasteiger partial charge >= 0.3 is 5.97 Å². The fourth-order valence-corrected chi connectivity index (χ4v) is 2.54. The molecule has 1 aromatic rings. The molecule has 0 aromatic heterocycles. The molecule has 0 saturated carbocycles. The third-order valence-electron chi connectivity index (χ3n) is 3.62. The summed E-state index contributed by atoms with van der Waals surface area (Å²) in [5.74, 6) is -0.452. The van der Waals surface area contributed by atoms with Crippen LogP contribution in [-0.2, 0) is 9.53 Å². The van der Waals surface area contributed by atoms with Gasteiger partial charge in [0.1, 0.15) is 11.6 Å². The van der Waals surface area contributed by atoms with E-state index < -0.39 is 4.92 Å². The van der Waals surface area contributed by atoms with Gasteiger partial charge in [-0.05, 0) is 25.0 Å². The third-order valence-corrected chi connectivity index (χ3v) is 3.62. The lowest BCUT2D eigenvalue weighted by atomic mass is 9.97. The minimum absolute atomic E-state index is 0.0256. The molecule has 110 valence electrons. The van der Waals surface area contributed by atoms with E-state index in [0.717, 1.165) is 19.4 Å². The van der Waals surface area contributed by atoms with Crippen LogP contribution in [0, 0.1) is 27.4 Å². The van der Waals surface area contributed by atoms with Gasteiger partial charge in [-0.2, -0.15) is 5.26 Å². The number of rotatable bonds is 3. The fraction of sp³-hybridized carbons (Fsp3) is 0.429. The first-order chi connectivity index (χ1) is 10.1. The van der Waals surface area contributed by atoms with Gasteiger partial charge in [-0.1, -0.05) is 0 Å². The molecule has 1 atom stereocenters. The number of carbonyl (C=O) groups is 1. The number of hydrogen-bond donors (Lipinski definition) is 0. The molecule has 1 aromatic carbocycles. The number of anilines is 1. The maximum absolute atomic E-state index is 11.6. The second-order valence-corrected chi connectivity index (χ2v) is 4.88. The van der Waals surface area contributed by atoms with Crippen LogP contribution in [-0.4, -0.2) is 31.1 Å². The molecule has 0 amide bonds. The van der Waals surface area contributed by atoms with E-state index in [2.05, 4.69) is 0 Å². The van der Waals surface area contributed by atoms with Gasteiger partial charge in [0, 0.05) is 24.8 Å². The van der Waals surface area contributed by atoms with Crippen LogP contribution in [0.5, 0.6) is 0 Å². The smallest absolute Gasteiger partial charge is 0.310 e. The van der Waals surface area contributed by atoms with Gasteiger partial charge in [0.2, 0.25) is 0 Å². The molecule has 0 aliphatic carbocycles. The van der Waals surface area contributed by atoms with E-state index in [-0.39, 0.29) is 23.1 Å². The van der Waals surface area contributed by atoms with E-state index in [4.69, 9.17) is 10.00 Å². The molecule has 0 spiro atoms. The van der Waals surface area contributed by atoms with Crippen LogP contribution >= 0.6 is 0 Å². The van der Waals surface area contributed by atoms with Gasteiger partial charge in [0.25, 0.3) is 5.69 Å². The van der Waals surface area contributed by atoms with E-state index in [1.165, 1.54) is 19.2 Å². The lowest BCUT2D eigenvalue weighted by molar-refractivity contribution is -0.385. The first-order valence-corrected chi connectivity index (χ1v) is 6.58. The molecule has 7 heteroatoms. The topological polar surface area (TPSA) is 96.5 Å². The molecule has 1 aliphatic rings. The van der Waals surface area contributed by atoms with Crippen LogP contribution in [0.15, 0.2) is 18.2 Å². The predicted octanol–water partition coefficient (Wildman–Crippen LogP) is 1.86. The van der Waals surface area contributed by atoms with Crippen molar-refractivity contribution in [3.63, 3.8) is 0 Å². The van der Waals surface area contributed by atoms with Gasteiger partial charge in [-0.25, -0.2) is 0 Å². The number of nitro benzene ring substituents is 1. The Balaban J connectivity index is 2.24. The van der Waals surface area contributed by atoms with E-state index in [1.54, 1.807) is 6.07 Å². The number of methoxy groups -OCH3 is 1. The minimum atomic E-state index is -0.574. The third kappa shape index (κ3) is 3.11. The van der Waals surface area contributed by atoms with Gasteiger partial charge in [-0.3, -0.25) is 14.9 Å². The van der Waals surface area contributed by atoms with Gasteiger partial charge < -0.3 is 9.64 Å². The van der Waals surface area contributed by atoms with Crippen molar-refractivity contribution in [3.05, 3.63) is 33.9 Å². The maximum Gasteiger partial charge on any atom is 0.310 e. The Bertz CT molecular complexity index is 609. The Morgan fingerprint density at radius 1 is 1.57 bits per heavy atom. The number of hydrogen-bond acceptors (Lipinski definition) is 6. The summed E-state index contributed by atoms with van der Waals surface area (Å²) in [5, 5.41) is 19.8. The number of esters is 1. The van der Waals surface area contributed by atoms with Crippen molar-refractivity contribution >= 4 is 17.3 Å². The molecular formula is C14H15N3O4. The highest BCUT2D eigenvalue weighted by Gasteiger charge is 2.27. The normalized spacial score (nSPS) is 17.9. The molecule has 7 nitrogen and oxygen atoms in total. The number of piperidine rings is 1. The second kappa shape index (κ2) is 6.22. The predicted molar refractivity (Wildman–Crippen MR) is 74.8 cm³/mol. The van der Waals surface area contributed by atoms with Crippen LogP contribution in [0.1, 0.15) is 18.4 Å². The zero-order valence-corrected chi connectivity index (χ0v) is 11.6. The van der Waals surface area contributed by atoms with Crippen LogP contribution in [0.25, 0.3) is 0 Å². The Kier molecular flexibility index (Phi) is 4.38. The first-order valence-electron chi connectivity index (χ1n) is 6.58. The molecule has 1 aliphatic heterocycles. The Morgan fingerprint density at radius 2 is 2.33 bits per heavy atom. The summed E-state index contributed by atoms with van der Waals surface area (Å²) < 4.78 is 4.76. The van der Waals surface area contributed by atoms with Crippen molar-refractivity contribution in [1.82, 2.24) is 0 Å². The minimum Gasteiger partial charge on any atom is -0.469 e. The van der Waals surface area contributed by atoms with Crippen LogP contribution in [0.2, 0.25) is 0 Å². The molecule has 1 unspecified atom stereocenters. The van der Waals surface area contributed by atoms with Crippen LogP contribution < -0.4 is 4.90 Å². The molecular weight excluding hydrogens is 274 g/mol. The molecule has 21 heavy (non-hydrogen) atoms. The number of ether oxygens (including phenoxy) is 1. The van der Waals surface area contributed by atoms with Crippen molar-refractivity contribution in [3.8, 4) is 6.07 Å². The summed E-state index contributed by atoms with van der Waals surface area (Å²) in [6.07, 6.45) is 1.60. The lowest BCUT2D eigenvalue weighted by Crippen LogP contribution is -2.39. The highest BCUT2D eigenvalue weighted by atomic mass is 16.6. The zero-order valence-electron chi connectivity index (χ0n) is 11.6. The van der Waals surface area contributed by atoms with Gasteiger partial charge in [0.15, 0.2) is 0 Å². The van der Waals surface area contributed by atoms with Crippen molar-refractivity contribution in [1.29, 1.82) is 5.26 Å². The Morgan fingerprint density at radius 3 is 2.95 bits per heavy atom. The standard InChI is InChI=1S/C14H15N3O4/c1-21-14(18)10-3-2-6-16(9-10)12-4-5-13(17(19)20)11(7-12)8-15/h4-5,7,10H,2-3,6,9H2,1H3. The number of benzene rings is 1. The molecule has 0 N–H and O–H groups in total. The fourth-order valence-electron chi connectivity index (χ4n) is 2.54. The monoisotopic (exact) mass is 289 g/mol. The van der Waals surface area contributed by atoms with E-state index in [1.807, 2.05) is 11.0 Å². The zero-order chi connectivity index (χ0) is 15.4. The molecule has 1 heterocycles. The molecule has 0 radical (unpaired) electrons. The Labute approximate surface area is 121 Å². The molecule has 0 bridgehead atoms. The van der Waals surface area contributed by atoms with Crippen molar-refractivity contribution < 1.29 is 14.5 Å². The maximum atomic E-state index is 11.6. The van der Waals surface area contributed by atoms with Crippen molar-refractivity contribution in [2.24, 2.45) is 5.92 Å². The van der Waals surface area contributed by atoms with E-state index in [9.17, 15) is 14.9 Å². The second-order valence-electron chi connectivity index (χ2n) is 4.88. The van der Waals surface area contributed by atoms with Crippen LogP contribution in [0.4, 0.5) is 11.4 Å². The average Bonchev–Trinajstić information content (AvgIpc) is 2.53. The molecule has 2 rings (SSSR count). The number of nitriles is 1. The van der Waals surface area contributed by atoms with Gasteiger partial charge in [-0.15, -0.1) is 0 Å². The van der Waals surface area contributed by atoms with Gasteiger partial charge in [0.05, 0.1) is 18.0 Å². The van der Waals surface area contributed by atoms with Crippen LogP contribution in [0.3, 0.4) is 0 Å². The van der Waals surface area contributed by atoms with Crippen molar-refractivity contribution in [2.45, 2.75) is 12.8 Å². The highest BCUT2D eigenvalue weighted by Crippen LogP contribution is 2.28. The summed E-state index contributed by atoms with van der Waals surface area (Å²) in [6.45, 7) is 1.24. The summed E-state index contributed by atoms with van der Waals surface area (Å²) in [7, 11) is 1.36. The summed E-state index contributed by atoms with van der Waals surface area (Å²) in [6, 6.07) is 6.28.